The molecule has 0 radical (unpaired) electrons. The molecule has 1 aromatic rings. The fraction of sp³-hybridized carbons (Fsp3) is 0.417. The number of carbonyl (C=O) groups is 1. The zero-order valence-electron chi connectivity index (χ0n) is 9.50. The molecule has 88 valence electrons. The van der Waals surface area contributed by atoms with Gasteiger partial charge in [-0.1, -0.05) is 36.2 Å². The van der Waals surface area contributed by atoms with E-state index in [2.05, 4.69) is 22.9 Å². The second-order valence-corrected chi connectivity index (χ2v) is 4.80. The summed E-state index contributed by atoms with van der Waals surface area (Å²) in [5.74, 6) is 0.0572. The number of nitrogens with two attached hydrogens (primary N) is 1. The van der Waals surface area contributed by atoms with Crippen LogP contribution in [0.5, 0.6) is 0 Å². The van der Waals surface area contributed by atoms with Crippen LogP contribution in [0.15, 0.2) is 22.7 Å². The van der Waals surface area contributed by atoms with Crippen LogP contribution in [0.25, 0.3) is 0 Å². The number of ether oxygens (including phenoxy) is 1. The van der Waals surface area contributed by atoms with Gasteiger partial charge in [0.1, 0.15) is 0 Å². The van der Waals surface area contributed by atoms with Gasteiger partial charge in [-0.15, -0.1) is 0 Å². The maximum atomic E-state index is 11.7. The molecular formula is C12H16BrNO2. The third-order valence-corrected chi connectivity index (χ3v) is 2.81. The van der Waals surface area contributed by atoms with Crippen molar-refractivity contribution >= 4 is 27.6 Å². The molecule has 0 saturated heterocycles. The lowest BCUT2D eigenvalue weighted by molar-refractivity contribution is 0.0447. The van der Waals surface area contributed by atoms with Crippen molar-refractivity contribution in [3.8, 4) is 0 Å². The van der Waals surface area contributed by atoms with Crippen LogP contribution in [0.3, 0.4) is 0 Å². The smallest absolute Gasteiger partial charge is 0.338 e. The third kappa shape index (κ3) is 3.85. The maximum absolute atomic E-state index is 11.7. The Hall–Kier alpha value is -1.03. The molecule has 0 spiro atoms. The summed E-state index contributed by atoms with van der Waals surface area (Å²) in [4.78, 5) is 11.7. The van der Waals surface area contributed by atoms with E-state index >= 15 is 0 Å². The number of esters is 1. The van der Waals surface area contributed by atoms with Gasteiger partial charge in [0.25, 0.3) is 0 Å². The van der Waals surface area contributed by atoms with E-state index in [-0.39, 0.29) is 5.97 Å². The van der Waals surface area contributed by atoms with Crippen LogP contribution in [0.1, 0.15) is 30.6 Å². The SMILES string of the molecule is CCC(C)COC(=O)c1cc(N)cc(Br)c1. The van der Waals surface area contributed by atoms with Crippen LogP contribution >= 0.6 is 15.9 Å². The normalized spacial score (nSPS) is 12.2. The first-order valence-electron chi connectivity index (χ1n) is 5.26. The monoisotopic (exact) mass is 285 g/mol. The van der Waals surface area contributed by atoms with E-state index in [0.29, 0.717) is 23.8 Å². The van der Waals surface area contributed by atoms with Crippen LogP contribution in [0.2, 0.25) is 0 Å². The molecule has 3 nitrogen and oxygen atoms in total. The van der Waals surface area contributed by atoms with Gasteiger partial charge >= 0.3 is 5.97 Å². The van der Waals surface area contributed by atoms with Crippen molar-refractivity contribution in [3.63, 3.8) is 0 Å². The fourth-order valence-electron chi connectivity index (χ4n) is 1.15. The van der Waals surface area contributed by atoms with E-state index in [0.717, 1.165) is 10.9 Å². The minimum absolute atomic E-state index is 0.326. The molecule has 0 bridgehead atoms. The van der Waals surface area contributed by atoms with Crippen molar-refractivity contribution in [2.24, 2.45) is 5.92 Å². The molecule has 16 heavy (non-hydrogen) atoms. The highest BCUT2D eigenvalue weighted by Gasteiger charge is 2.10. The Morgan fingerprint density at radius 2 is 2.19 bits per heavy atom. The van der Waals surface area contributed by atoms with Crippen LogP contribution in [0, 0.1) is 5.92 Å². The number of anilines is 1. The Morgan fingerprint density at radius 3 is 2.75 bits per heavy atom. The summed E-state index contributed by atoms with van der Waals surface area (Å²) in [7, 11) is 0. The molecule has 0 aliphatic heterocycles. The molecule has 1 aromatic carbocycles. The van der Waals surface area contributed by atoms with E-state index in [4.69, 9.17) is 10.5 Å². The summed E-state index contributed by atoms with van der Waals surface area (Å²) >= 11 is 3.29. The predicted molar refractivity (Wildman–Crippen MR) is 68.3 cm³/mol. The second kappa shape index (κ2) is 5.89. The molecule has 0 fully saturated rings. The van der Waals surface area contributed by atoms with Crippen molar-refractivity contribution < 1.29 is 9.53 Å². The van der Waals surface area contributed by atoms with Crippen LogP contribution in [-0.4, -0.2) is 12.6 Å². The lowest BCUT2D eigenvalue weighted by atomic mass is 10.1. The summed E-state index contributed by atoms with van der Waals surface area (Å²) in [6.07, 6.45) is 0.994. The second-order valence-electron chi connectivity index (χ2n) is 3.89. The highest BCUT2D eigenvalue weighted by molar-refractivity contribution is 9.10. The quantitative estimate of drug-likeness (QED) is 0.683. The first kappa shape index (κ1) is 13.0. The van der Waals surface area contributed by atoms with Crippen molar-refractivity contribution in [2.45, 2.75) is 20.3 Å². The van der Waals surface area contributed by atoms with Gasteiger partial charge in [-0.05, 0) is 24.1 Å². The number of nitrogen functional groups attached to an aromatic ring is 1. The Bertz CT molecular complexity index is 359. The van der Waals surface area contributed by atoms with E-state index < -0.39 is 0 Å². The highest BCUT2D eigenvalue weighted by Crippen LogP contribution is 2.18. The molecule has 1 atom stereocenters. The summed E-state index contributed by atoms with van der Waals surface area (Å²) in [5.41, 5.74) is 6.67. The number of hydrogen-bond acceptors (Lipinski definition) is 3. The molecule has 0 heterocycles. The molecule has 0 amide bonds. The Kier molecular flexibility index (Phi) is 4.80. The molecule has 2 N–H and O–H groups in total. The van der Waals surface area contributed by atoms with Gasteiger partial charge in [-0.3, -0.25) is 0 Å². The van der Waals surface area contributed by atoms with Crippen molar-refractivity contribution in [1.82, 2.24) is 0 Å². The standard InChI is InChI=1S/C12H16BrNO2/c1-3-8(2)7-16-12(15)9-4-10(13)6-11(14)5-9/h4-6,8H,3,7,14H2,1-2H3. The summed E-state index contributed by atoms with van der Waals surface area (Å²) in [6, 6.07) is 5.06. The molecule has 1 rings (SSSR count). The topological polar surface area (TPSA) is 52.3 Å². The summed E-state index contributed by atoms with van der Waals surface area (Å²) in [6.45, 7) is 4.56. The molecular weight excluding hydrogens is 270 g/mol. The van der Waals surface area contributed by atoms with Gasteiger partial charge < -0.3 is 10.5 Å². The first-order valence-corrected chi connectivity index (χ1v) is 6.05. The first-order chi connectivity index (χ1) is 7.52. The average molecular weight is 286 g/mol. The highest BCUT2D eigenvalue weighted by atomic mass is 79.9. The number of rotatable bonds is 4. The minimum Gasteiger partial charge on any atom is -0.462 e. The van der Waals surface area contributed by atoms with Crippen molar-refractivity contribution in [2.75, 3.05) is 12.3 Å². The molecule has 4 heteroatoms. The maximum Gasteiger partial charge on any atom is 0.338 e. The third-order valence-electron chi connectivity index (χ3n) is 2.35. The largest absolute Gasteiger partial charge is 0.462 e. The zero-order valence-corrected chi connectivity index (χ0v) is 11.1. The summed E-state index contributed by atoms with van der Waals surface area (Å²) in [5, 5.41) is 0. The Balaban J connectivity index is 2.66. The zero-order chi connectivity index (χ0) is 12.1. The summed E-state index contributed by atoms with van der Waals surface area (Å²) < 4.78 is 5.96. The van der Waals surface area contributed by atoms with Gasteiger partial charge in [-0.2, -0.15) is 0 Å². The fourth-order valence-corrected chi connectivity index (χ4v) is 1.66. The number of hydrogen-bond donors (Lipinski definition) is 1. The van der Waals surface area contributed by atoms with Crippen LogP contribution < -0.4 is 5.73 Å². The molecule has 0 aliphatic carbocycles. The number of benzene rings is 1. The van der Waals surface area contributed by atoms with E-state index in [1.54, 1.807) is 18.2 Å². The van der Waals surface area contributed by atoms with Crippen molar-refractivity contribution in [3.05, 3.63) is 28.2 Å². The Morgan fingerprint density at radius 1 is 1.50 bits per heavy atom. The van der Waals surface area contributed by atoms with Gasteiger partial charge in [0, 0.05) is 10.2 Å². The average Bonchev–Trinajstić information content (AvgIpc) is 2.23. The van der Waals surface area contributed by atoms with Gasteiger partial charge in [0.15, 0.2) is 0 Å². The van der Waals surface area contributed by atoms with Crippen molar-refractivity contribution in [1.29, 1.82) is 0 Å². The van der Waals surface area contributed by atoms with E-state index in [9.17, 15) is 4.79 Å². The minimum atomic E-state index is -0.326. The molecule has 1 unspecified atom stereocenters. The van der Waals surface area contributed by atoms with Crippen LogP contribution in [-0.2, 0) is 4.74 Å². The van der Waals surface area contributed by atoms with Gasteiger partial charge in [0.05, 0.1) is 12.2 Å². The van der Waals surface area contributed by atoms with E-state index in [1.165, 1.54) is 0 Å². The van der Waals surface area contributed by atoms with Crippen LogP contribution in [0.4, 0.5) is 5.69 Å². The number of carbonyl (C=O) groups excluding carboxylic acids is 1. The molecule has 0 aromatic heterocycles. The van der Waals surface area contributed by atoms with Gasteiger partial charge in [0.2, 0.25) is 0 Å². The molecule has 0 saturated carbocycles. The number of halogens is 1. The van der Waals surface area contributed by atoms with E-state index in [1.807, 2.05) is 6.92 Å². The lowest BCUT2D eigenvalue weighted by Crippen LogP contribution is -2.11. The Labute approximate surface area is 104 Å². The predicted octanol–water partition coefficient (Wildman–Crippen LogP) is 3.23. The van der Waals surface area contributed by atoms with Gasteiger partial charge in [-0.25, -0.2) is 4.79 Å². The molecule has 0 aliphatic rings. The lowest BCUT2D eigenvalue weighted by Gasteiger charge is -2.10.